The van der Waals surface area contributed by atoms with Gasteiger partial charge in [-0.3, -0.25) is 9.78 Å². The fourth-order valence-corrected chi connectivity index (χ4v) is 2.85. The van der Waals surface area contributed by atoms with Crippen LogP contribution in [0.15, 0.2) is 36.5 Å². The first kappa shape index (κ1) is 13.1. The Morgan fingerprint density at radius 2 is 2.30 bits per heavy atom. The third-order valence-corrected chi connectivity index (χ3v) is 3.86. The SMILES string of the molecule is CCOC(=O)C1CNCC1c1ccc2ncccc2c1. The molecule has 2 atom stereocenters. The standard InChI is InChI=1S/C16H18N2O2/c1-2-20-16(19)14-10-17-9-13(14)11-5-6-15-12(8-11)4-3-7-18-15/h3-8,13-14,17H,2,9-10H2,1H3. The van der Waals surface area contributed by atoms with E-state index in [1.807, 2.05) is 25.1 Å². The van der Waals surface area contributed by atoms with Crippen molar-refractivity contribution in [2.24, 2.45) is 5.92 Å². The molecule has 20 heavy (non-hydrogen) atoms. The number of ether oxygens (including phenoxy) is 1. The Balaban J connectivity index is 1.91. The molecule has 4 heteroatoms. The molecule has 2 aromatic rings. The third-order valence-electron chi connectivity index (χ3n) is 3.86. The molecule has 1 fully saturated rings. The molecule has 1 aromatic heterocycles. The van der Waals surface area contributed by atoms with E-state index in [0.29, 0.717) is 13.2 Å². The third kappa shape index (κ3) is 2.39. The molecule has 0 radical (unpaired) electrons. The van der Waals surface area contributed by atoms with Crippen LogP contribution in [0.3, 0.4) is 0 Å². The van der Waals surface area contributed by atoms with Gasteiger partial charge in [0.25, 0.3) is 0 Å². The van der Waals surface area contributed by atoms with Crippen LogP contribution in [-0.2, 0) is 9.53 Å². The first-order valence-electron chi connectivity index (χ1n) is 7.01. The van der Waals surface area contributed by atoms with Crippen LogP contribution in [-0.4, -0.2) is 30.6 Å². The van der Waals surface area contributed by atoms with Crippen molar-refractivity contribution in [2.75, 3.05) is 19.7 Å². The number of fused-ring (bicyclic) bond motifs is 1. The summed E-state index contributed by atoms with van der Waals surface area (Å²) < 4.78 is 5.17. The summed E-state index contributed by atoms with van der Waals surface area (Å²) in [6.45, 7) is 3.78. The van der Waals surface area contributed by atoms with E-state index in [4.69, 9.17) is 4.74 Å². The summed E-state index contributed by atoms with van der Waals surface area (Å²) in [6, 6.07) is 10.2. The lowest BCUT2D eigenvalue weighted by atomic mass is 9.88. The highest BCUT2D eigenvalue weighted by molar-refractivity contribution is 5.80. The molecular weight excluding hydrogens is 252 g/mol. The second-order valence-corrected chi connectivity index (χ2v) is 5.08. The summed E-state index contributed by atoms with van der Waals surface area (Å²) in [4.78, 5) is 16.3. The molecule has 0 saturated carbocycles. The van der Waals surface area contributed by atoms with Crippen molar-refractivity contribution in [3.8, 4) is 0 Å². The molecule has 2 unspecified atom stereocenters. The highest BCUT2D eigenvalue weighted by Crippen LogP contribution is 2.30. The van der Waals surface area contributed by atoms with Gasteiger partial charge < -0.3 is 10.1 Å². The van der Waals surface area contributed by atoms with E-state index in [-0.39, 0.29) is 17.8 Å². The zero-order valence-electron chi connectivity index (χ0n) is 11.5. The zero-order valence-corrected chi connectivity index (χ0v) is 11.5. The Kier molecular flexibility index (Phi) is 3.65. The average molecular weight is 270 g/mol. The predicted molar refractivity (Wildman–Crippen MR) is 77.5 cm³/mol. The number of pyridine rings is 1. The summed E-state index contributed by atoms with van der Waals surface area (Å²) in [5.74, 6) is -0.0171. The Morgan fingerprint density at radius 3 is 3.15 bits per heavy atom. The van der Waals surface area contributed by atoms with Crippen LogP contribution in [0.2, 0.25) is 0 Å². The summed E-state index contributed by atoms with van der Waals surface area (Å²) in [6.07, 6.45) is 1.79. The van der Waals surface area contributed by atoms with E-state index in [9.17, 15) is 4.79 Å². The summed E-state index contributed by atoms with van der Waals surface area (Å²) in [7, 11) is 0. The van der Waals surface area contributed by atoms with Gasteiger partial charge in [-0.1, -0.05) is 12.1 Å². The number of rotatable bonds is 3. The monoisotopic (exact) mass is 270 g/mol. The van der Waals surface area contributed by atoms with Crippen LogP contribution in [0.5, 0.6) is 0 Å². The van der Waals surface area contributed by atoms with Crippen LogP contribution in [0.1, 0.15) is 18.4 Å². The molecule has 1 aliphatic rings. The largest absolute Gasteiger partial charge is 0.466 e. The lowest BCUT2D eigenvalue weighted by molar-refractivity contribution is -0.147. The minimum absolute atomic E-state index is 0.0935. The quantitative estimate of drug-likeness (QED) is 0.868. The first-order valence-corrected chi connectivity index (χ1v) is 7.01. The van der Waals surface area contributed by atoms with E-state index in [1.54, 1.807) is 6.20 Å². The first-order chi connectivity index (χ1) is 9.79. The molecule has 0 bridgehead atoms. The summed E-state index contributed by atoms with van der Waals surface area (Å²) >= 11 is 0. The molecule has 1 aliphatic heterocycles. The van der Waals surface area contributed by atoms with Gasteiger partial charge in [0, 0.05) is 30.6 Å². The fraction of sp³-hybridized carbons (Fsp3) is 0.375. The molecule has 2 heterocycles. The van der Waals surface area contributed by atoms with E-state index in [1.165, 1.54) is 5.56 Å². The minimum Gasteiger partial charge on any atom is -0.466 e. The fourth-order valence-electron chi connectivity index (χ4n) is 2.85. The Morgan fingerprint density at radius 1 is 1.40 bits per heavy atom. The Hall–Kier alpha value is -1.94. The number of aromatic nitrogens is 1. The molecule has 0 spiro atoms. The number of hydrogen-bond acceptors (Lipinski definition) is 4. The maximum Gasteiger partial charge on any atom is 0.310 e. The van der Waals surface area contributed by atoms with Crippen molar-refractivity contribution in [3.63, 3.8) is 0 Å². The lowest BCUT2D eigenvalue weighted by Crippen LogP contribution is -2.24. The molecule has 0 aliphatic carbocycles. The van der Waals surface area contributed by atoms with Gasteiger partial charge in [-0.05, 0) is 30.7 Å². The van der Waals surface area contributed by atoms with Crippen molar-refractivity contribution in [2.45, 2.75) is 12.8 Å². The van der Waals surface area contributed by atoms with Gasteiger partial charge in [-0.15, -0.1) is 0 Å². The molecule has 1 aromatic carbocycles. The number of esters is 1. The van der Waals surface area contributed by atoms with Gasteiger partial charge in [-0.2, -0.15) is 0 Å². The van der Waals surface area contributed by atoms with Crippen LogP contribution in [0.25, 0.3) is 10.9 Å². The minimum atomic E-state index is -0.103. The summed E-state index contributed by atoms with van der Waals surface area (Å²) in [5, 5.41) is 4.40. The molecular formula is C16H18N2O2. The van der Waals surface area contributed by atoms with Crippen LogP contribution < -0.4 is 5.32 Å². The Labute approximate surface area is 118 Å². The molecule has 0 amide bonds. The van der Waals surface area contributed by atoms with Crippen molar-refractivity contribution in [1.82, 2.24) is 10.3 Å². The average Bonchev–Trinajstić information content (AvgIpc) is 2.96. The number of carbonyl (C=O) groups excluding carboxylic acids is 1. The van der Waals surface area contributed by atoms with Gasteiger partial charge in [0.2, 0.25) is 0 Å². The van der Waals surface area contributed by atoms with E-state index >= 15 is 0 Å². The van der Waals surface area contributed by atoms with Gasteiger partial charge in [0.15, 0.2) is 0 Å². The van der Waals surface area contributed by atoms with Crippen LogP contribution in [0, 0.1) is 5.92 Å². The normalized spacial score (nSPS) is 22.1. The van der Waals surface area contributed by atoms with Crippen molar-refractivity contribution in [3.05, 3.63) is 42.1 Å². The van der Waals surface area contributed by atoms with Crippen LogP contribution in [0.4, 0.5) is 0 Å². The highest BCUT2D eigenvalue weighted by atomic mass is 16.5. The number of benzene rings is 1. The van der Waals surface area contributed by atoms with Gasteiger partial charge in [0.05, 0.1) is 18.0 Å². The lowest BCUT2D eigenvalue weighted by Gasteiger charge is -2.17. The van der Waals surface area contributed by atoms with E-state index in [0.717, 1.165) is 17.4 Å². The van der Waals surface area contributed by atoms with Crippen molar-refractivity contribution >= 4 is 16.9 Å². The van der Waals surface area contributed by atoms with Gasteiger partial charge in [-0.25, -0.2) is 0 Å². The highest BCUT2D eigenvalue weighted by Gasteiger charge is 2.35. The molecule has 1 saturated heterocycles. The van der Waals surface area contributed by atoms with Gasteiger partial charge >= 0.3 is 5.97 Å². The van der Waals surface area contributed by atoms with Gasteiger partial charge in [0.1, 0.15) is 0 Å². The second-order valence-electron chi connectivity index (χ2n) is 5.08. The predicted octanol–water partition coefficient (Wildman–Crippen LogP) is 2.10. The molecule has 4 nitrogen and oxygen atoms in total. The molecule has 1 N–H and O–H groups in total. The number of nitrogens with zero attached hydrogens (tertiary/aromatic N) is 1. The number of carbonyl (C=O) groups is 1. The number of nitrogens with one attached hydrogen (secondary N) is 1. The smallest absolute Gasteiger partial charge is 0.310 e. The molecule has 3 rings (SSSR count). The van der Waals surface area contributed by atoms with E-state index in [2.05, 4.69) is 22.4 Å². The van der Waals surface area contributed by atoms with Crippen molar-refractivity contribution < 1.29 is 9.53 Å². The summed E-state index contributed by atoms with van der Waals surface area (Å²) in [5.41, 5.74) is 2.16. The Bertz CT molecular complexity index is 627. The maximum absolute atomic E-state index is 12.0. The van der Waals surface area contributed by atoms with Crippen LogP contribution >= 0.6 is 0 Å². The van der Waals surface area contributed by atoms with Crippen molar-refractivity contribution in [1.29, 1.82) is 0 Å². The topological polar surface area (TPSA) is 51.2 Å². The molecule has 104 valence electrons. The zero-order chi connectivity index (χ0) is 13.9. The number of hydrogen-bond donors (Lipinski definition) is 1. The van der Waals surface area contributed by atoms with E-state index < -0.39 is 0 Å². The maximum atomic E-state index is 12.0. The second kappa shape index (κ2) is 5.59.